The first kappa shape index (κ1) is 16.3. The van der Waals surface area contributed by atoms with Crippen molar-refractivity contribution in [3.63, 3.8) is 0 Å². The second-order valence-corrected chi connectivity index (χ2v) is 4.82. The summed E-state index contributed by atoms with van der Waals surface area (Å²) in [4.78, 5) is 11.7. The van der Waals surface area contributed by atoms with E-state index in [1.165, 1.54) is 0 Å². The Balaban J connectivity index is 3.40. The van der Waals surface area contributed by atoms with Gasteiger partial charge in [0.25, 0.3) is 0 Å². The average molecular weight is 292 g/mol. The molecule has 0 radical (unpaired) electrons. The maximum atomic E-state index is 11.7. The standard InChI is InChI=1S/C16H18ClNO2/c1-5-20-16(19)13(9-18)7-14-10(2)6-11(3)15(8-17)12(14)4/h6-7H,5,8H2,1-4H3/b13-7-. The first-order valence-electron chi connectivity index (χ1n) is 6.40. The first-order chi connectivity index (χ1) is 9.46. The van der Waals surface area contributed by atoms with E-state index in [-0.39, 0.29) is 12.2 Å². The number of nitriles is 1. The topological polar surface area (TPSA) is 50.1 Å². The molecule has 0 aliphatic carbocycles. The van der Waals surface area contributed by atoms with Crippen LogP contribution in [0.4, 0.5) is 0 Å². The van der Waals surface area contributed by atoms with Crippen LogP contribution in [0.25, 0.3) is 6.08 Å². The molecule has 0 N–H and O–H groups in total. The minimum atomic E-state index is -0.596. The fourth-order valence-electron chi connectivity index (χ4n) is 2.16. The summed E-state index contributed by atoms with van der Waals surface area (Å²) in [6.07, 6.45) is 1.58. The molecule has 4 heteroatoms. The summed E-state index contributed by atoms with van der Waals surface area (Å²) < 4.78 is 4.87. The number of alkyl halides is 1. The van der Waals surface area contributed by atoms with Gasteiger partial charge in [0.2, 0.25) is 0 Å². The van der Waals surface area contributed by atoms with E-state index in [1.807, 2.05) is 32.9 Å². The maximum absolute atomic E-state index is 11.7. The lowest BCUT2D eigenvalue weighted by molar-refractivity contribution is -0.137. The molecule has 0 heterocycles. The van der Waals surface area contributed by atoms with E-state index in [0.717, 1.165) is 27.8 Å². The molecule has 0 aromatic heterocycles. The normalized spacial score (nSPS) is 11.1. The molecule has 0 saturated heterocycles. The van der Waals surface area contributed by atoms with Crippen LogP contribution < -0.4 is 0 Å². The van der Waals surface area contributed by atoms with Gasteiger partial charge in [-0.15, -0.1) is 11.6 Å². The highest BCUT2D eigenvalue weighted by molar-refractivity contribution is 6.17. The lowest BCUT2D eigenvalue weighted by Crippen LogP contribution is -2.07. The highest BCUT2D eigenvalue weighted by Crippen LogP contribution is 2.26. The molecule has 0 saturated carbocycles. The summed E-state index contributed by atoms with van der Waals surface area (Å²) in [6.45, 7) is 7.85. The third kappa shape index (κ3) is 3.40. The van der Waals surface area contributed by atoms with E-state index in [0.29, 0.717) is 5.88 Å². The number of carbonyl (C=O) groups excluding carboxylic acids is 1. The van der Waals surface area contributed by atoms with E-state index < -0.39 is 5.97 Å². The zero-order chi connectivity index (χ0) is 15.3. The SMILES string of the molecule is CCOC(=O)/C(C#N)=C\c1c(C)cc(C)c(CCl)c1C. The number of nitrogens with zero attached hydrogens (tertiary/aromatic N) is 1. The quantitative estimate of drug-likeness (QED) is 0.367. The number of halogens is 1. The summed E-state index contributed by atoms with van der Waals surface area (Å²) in [7, 11) is 0. The molecule has 3 nitrogen and oxygen atoms in total. The van der Waals surface area contributed by atoms with Gasteiger partial charge >= 0.3 is 5.97 Å². The molecule has 0 amide bonds. The Morgan fingerprint density at radius 1 is 1.40 bits per heavy atom. The molecule has 0 spiro atoms. The summed E-state index contributed by atoms with van der Waals surface area (Å²) >= 11 is 5.97. The van der Waals surface area contributed by atoms with Crippen LogP contribution in [0.3, 0.4) is 0 Å². The van der Waals surface area contributed by atoms with Gasteiger partial charge < -0.3 is 4.74 Å². The van der Waals surface area contributed by atoms with Crippen molar-refractivity contribution in [2.24, 2.45) is 0 Å². The van der Waals surface area contributed by atoms with E-state index >= 15 is 0 Å². The minimum Gasteiger partial charge on any atom is -0.462 e. The molecule has 0 bridgehead atoms. The molecule has 1 aromatic rings. The molecular formula is C16H18ClNO2. The molecule has 0 aliphatic rings. The smallest absolute Gasteiger partial charge is 0.348 e. The highest BCUT2D eigenvalue weighted by atomic mass is 35.5. The van der Waals surface area contributed by atoms with Gasteiger partial charge in [-0.2, -0.15) is 5.26 Å². The highest BCUT2D eigenvalue weighted by Gasteiger charge is 2.14. The van der Waals surface area contributed by atoms with Crippen LogP contribution >= 0.6 is 11.6 Å². The van der Waals surface area contributed by atoms with Gasteiger partial charge in [-0.25, -0.2) is 4.79 Å². The minimum absolute atomic E-state index is 0.00225. The van der Waals surface area contributed by atoms with Gasteiger partial charge in [-0.1, -0.05) is 6.07 Å². The summed E-state index contributed by atoms with van der Waals surface area (Å²) in [5, 5.41) is 9.10. The van der Waals surface area contributed by atoms with Crippen LogP contribution in [0.2, 0.25) is 0 Å². The number of esters is 1. The van der Waals surface area contributed by atoms with Crippen LogP contribution in [0.1, 0.15) is 34.7 Å². The largest absolute Gasteiger partial charge is 0.462 e. The van der Waals surface area contributed by atoms with Gasteiger partial charge in [0.05, 0.1) is 6.61 Å². The Morgan fingerprint density at radius 3 is 2.55 bits per heavy atom. The molecule has 0 aliphatic heterocycles. The number of carbonyl (C=O) groups is 1. The zero-order valence-corrected chi connectivity index (χ0v) is 13.0. The van der Waals surface area contributed by atoms with Crippen molar-refractivity contribution < 1.29 is 9.53 Å². The van der Waals surface area contributed by atoms with Gasteiger partial charge in [0.15, 0.2) is 0 Å². The Hall–Kier alpha value is -1.79. The second kappa shape index (κ2) is 7.12. The molecular weight excluding hydrogens is 274 g/mol. The number of rotatable bonds is 4. The predicted molar refractivity (Wildman–Crippen MR) is 80.4 cm³/mol. The molecule has 20 heavy (non-hydrogen) atoms. The Bertz CT molecular complexity index is 597. The van der Waals surface area contributed by atoms with Crippen molar-refractivity contribution in [1.29, 1.82) is 5.26 Å². The van der Waals surface area contributed by atoms with Crippen molar-refractivity contribution in [3.8, 4) is 6.07 Å². The van der Waals surface area contributed by atoms with Crippen LogP contribution in [0.15, 0.2) is 11.6 Å². The van der Waals surface area contributed by atoms with E-state index in [9.17, 15) is 4.79 Å². The van der Waals surface area contributed by atoms with Gasteiger partial charge in [-0.3, -0.25) is 0 Å². The van der Waals surface area contributed by atoms with Crippen molar-refractivity contribution in [1.82, 2.24) is 0 Å². The number of hydrogen-bond donors (Lipinski definition) is 0. The maximum Gasteiger partial charge on any atom is 0.348 e. The Morgan fingerprint density at radius 2 is 2.05 bits per heavy atom. The Kier molecular flexibility index (Phi) is 5.79. The molecule has 1 aromatic carbocycles. The third-order valence-electron chi connectivity index (χ3n) is 3.23. The van der Waals surface area contributed by atoms with Crippen LogP contribution in [0, 0.1) is 32.1 Å². The second-order valence-electron chi connectivity index (χ2n) is 4.55. The Labute approximate surface area is 124 Å². The predicted octanol–water partition coefficient (Wildman–Crippen LogP) is 3.82. The zero-order valence-electron chi connectivity index (χ0n) is 12.2. The summed E-state index contributed by atoms with van der Waals surface area (Å²) in [5.74, 6) is -0.193. The fourth-order valence-corrected chi connectivity index (χ4v) is 2.57. The number of hydrogen-bond acceptors (Lipinski definition) is 3. The summed E-state index contributed by atoms with van der Waals surface area (Å²) in [5.41, 5.74) is 5.00. The van der Waals surface area contributed by atoms with Crippen molar-refractivity contribution in [3.05, 3.63) is 39.5 Å². The van der Waals surface area contributed by atoms with Gasteiger partial charge in [0.1, 0.15) is 11.6 Å². The van der Waals surface area contributed by atoms with E-state index in [1.54, 1.807) is 13.0 Å². The monoisotopic (exact) mass is 291 g/mol. The molecule has 106 valence electrons. The van der Waals surface area contributed by atoms with Crippen molar-refractivity contribution in [2.75, 3.05) is 6.61 Å². The average Bonchev–Trinajstić information content (AvgIpc) is 2.39. The van der Waals surface area contributed by atoms with E-state index in [2.05, 4.69) is 0 Å². The number of aryl methyl sites for hydroxylation is 2. The fraction of sp³-hybridized carbons (Fsp3) is 0.375. The lowest BCUT2D eigenvalue weighted by atomic mass is 9.93. The molecule has 1 rings (SSSR count). The van der Waals surface area contributed by atoms with Crippen molar-refractivity contribution in [2.45, 2.75) is 33.6 Å². The molecule has 0 fully saturated rings. The third-order valence-corrected chi connectivity index (χ3v) is 3.50. The van der Waals surface area contributed by atoms with Crippen LogP contribution in [0.5, 0.6) is 0 Å². The molecule has 0 atom stereocenters. The molecule has 0 unspecified atom stereocenters. The van der Waals surface area contributed by atoms with Gasteiger partial charge in [0, 0.05) is 5.88 Å². The van der Waals surface area contributed by atoms with Crippen LogP contribution in [-0.4, -0.2) is 12.6 Å². The van der Waals surface area contributed by atoms with Crippen molar-refractivity contribution >= 4 is 23.6 Å². The lowest BCUT2D eigenvalue weighted by Gasteiger charge is -2.13. The van der Waals surface area contributed by atoms with Crippen LogP contribution in [-0.2, 0) is 15.4 Å². The first-order valence-corrected chi connectivity index (χ1v) is 6.94. The van der Waals surface area contributed by atoms with Gasteiger partial charge in [-0.05, 0) is 61.6 Å². The summed E-state index contributed by atoms with van der Waals surface area (Å²) in [6, 6.07) is 3.91. The van der Waals surface area contributed by atoms with E-state index in [4.69, 9.17) is 21.6 Å². The number of benzene rings is 1. The number of ether oxygens (including phenoxy) is 1.